The second-order valence-corrected chi connectivity index (χ2v) is 8.37. The van der Waals surface area contributed by atoms with Crippen LogP contribution in [0.1, 0.15) is 38.7 Å². The van der Waals surface area contributed by atoms with Gasteiger partial charge in [-0.1, -0.05) is 0 Å². The molecule has 0 spiro atoms. The van der Waals surface area contributed by atoms with Gasteiger partial charge in [0.15, 0.2) is 0 Å². The molecule has 0 bridgehead atoms. The summed E-state index contributed by atoms with van der Waals surface area (Å²) in [6, 6.07) is 9.62. The Labute approximate surface area is 166 Å². The highest BCUT2D eigenvalue weighted by Crippen LogP contribution is 2.19. The summed E-state index contributed by atoms with van der Waals surface area (Å²) in [5, 5.41) is 6.54. The molecule has 27 heavy (non-hydrogen) atoms. The molecule has 3 aromatic rings. The van der Waals surface area contributed by atoms with Gasteiger partial charge in [-0.25, -0.2) is 0 Å². The molecule has 3 rings (SSSR count). The number of hydrogen-bond acceptors (Lipinski definition) is 5. The number of thiophene rings is 2. The summed E-state index contributed by atoms with van der Waals surface area (Å²) in [7, 11) is 0. The number of nitrogens with zero attached hydrogens (tertiary/aromatic N) is 1. The third kappa shape index (κ3) is 5.80. The molecule has 7 heteroatoms. The Morgan fingerprint density at radius 3 is 2.74 bits per heavy atom. The number of carbonyl (C=O) groups excluding carboxylic acids is 2. The highest BCUT2D eigenvalue weighted by Gasteiger charge is 2.17. The molecular weight excluding hydrogens is 380 g/mol. The molecule has 0 aromatic carbocycles. The standard InChI is InChI=1S/C20H22N2O3S2/c1-15-6-7-18(27-15)13-22(12-17-4-3-10-25-17)19(23)5-2-9-21-20(24)16-8-11-26-14-16/h3-4,6-8,10-11,14H,2,5,9,12-13H2,1H3,(H,21,24). The molecule has 0 aliphatic heterocycles. The summed E-state index contributed by atoms with van der Waals surface area (Å²) < 4.78 is 5.41. The van der Waals surface area contributed by atoms with Crippen LogP contribution in [0.3, 0.4) is 0 Å². The summed E-state index contributed by atoms with van der Waals surface area (Å²) in [5.41, 5.74) is 0.666. The number of amides is 2. The first kappa shape index (κ1) is 19.4. The third-order valence-corrected chi connectivity index (χ3v) is 5.73. The lowest BCUT2D eigenvalue weighted by Gasteiger charge is -2.21. The van der Waals surface area contributed by atoms with Crippen molar-refractivity contribution < 1.29 is 14.0 Å². The molecule has 0 aliphatic carbocycles. The van der Waals surface area contributed by atoms with Crippen LogP contribution in [0.15, 0.2) is 51.8 Å². The molecule has 5 nitrogen and oxygen atoms in total. The number of nitrogens with one attached hydrogen (secondary N) is 1. The van der Waals surface area contributed by atoms with Crippen molar-refractivity contribution in [1.82, 2.24) is 10.2 Å². The first-order chi connectivity index (χ1) is 13.1. The van der Waals surface area contributed by atoms with Gasteiger partial charge in [0.05, 0.1) is 19.4 Å². The average molecular weight is 403 g/mol. The molecule has 2 amide bonds. The van der Waals surface area contributed by atoms with Crippen LogP contribution in [-0.2, 0) is 17.9 Å². The third-order valence-electron chi connectivity index (χ3n) is 4.06. The Morgan fingerprint density at radius 1 is 1.19 bits per heavy atom. The van der Waals surface area contributed by atoms with E-state index in [0.717, 1.165) is 10.6 Å². The van der Waals surface area contributed by atoms with Gasteiger partial charge in [-0.15, -0.1) is 11.3 Å². The second-order valence-electron chi connectivity index (χ2n) is 6.21. The molecule has 0 radical (unpaired) electrons. The largest absolute Gasteiger partial charge is 0.467 e. The molecule has 1 N–H and O–H groups in total. The van der Waals surface area contributed by atoms with Crippen LogP contribution in [-0.4, -0.2) is 23.3 Å². The zero-order valence-corrected chi connectivity index (χ0v) is 16.8. The number of furan rings is 1. The van der Waals surface area contributed by atoms with Crippen molar-refractivity contribution in [2.45, 2.75) is 32.9 Å². The fraction of sp³-hybridized carbons (Fsp3) is 0.300. The minimum Gasteiger partial charge on any atom is -0.467 e. The zero-order valence-electron chi connectivity index (χ0n) is 15.1. The molecule has 0 unspecified atom stereocenters. The Morgan fingerprint density at radius 2 is 2.07 bits per heavy atom. The van der Waals surface area contributed by atoms with E-state index < -0.39 is 0 Å². The van der Waals surface area contributed by atoms with Gasteiger partial charge in [0, 0.05) is 33.7 Å². The zero-order chi connectivity index (χ0) is 19.1. The van der Waals surface area contributed by atoms with Crippen LogP contribution in [0.25, 0.3) is 0 Å². The van der Waals surface area contributed by atoms with Crippen molar-refractivity contribution in [3.05, 3.63) is 68.4 Å². The maximum Gasteiger partial charge on any atom is 0.252 e. The van der Waals surface area contributed by atoms with Gasteiger partial charge < -0.3 is 14.6 Å². The summed E-state index contributed by atoms with van der Waals surface area (Å²) in [6.07, 6.45) is 2.61. The van der Waals surface area contributed by atoms with Crippen molar-refractivity contribution in [2.24, 2.45) is 0 Å². The summed E-state index contributed by atoms with van der Waals surface area (Å²) in [4.78, 5) is 28.9. The molecule has 3 aromatic heterocycles. The second kappa shape index (κ2) is 9.53. The molecular formula is C20H22N2O3S2. The van der Waals surface area contributed by atoms with Crippen LogP contribution in [0.5, 0.6) is 0 Å². The lowest BCUT2D eigenvalue weighted by molar-refractivity contribution is -0.132. The average Bonchev–Trinajstić information content (AvgIpc) is 3.41. The van der Waals surface area contributed by atoms with Gasteiger partial charge in [-0.2, -0.15) is 11.3 Å². The van der Waals surface area contributed by atoms with E-state index in [9.17, 15) is 9.59 Å². The normalized spacial score (nSPS) is 10.7. The van der Waals surface area contributed by atoms with E-state index in [1.807, 2.05) is 27.8 Å². The van der Waals surface area contributed by atoms with E-state index in [4.69, 9.17) is 4.42 Å². The smallest absolute Gasteiger partial charge is 0.252 e. The Hall–Kier alpha value is -2.38. The van der Waals surface area contributed by atoms with Gasteiger partial charge in [0.1, 0.15) is 5.76 Å². The van der Waals surface area contributed by atoms with Crippen molar-refractivity contribution in [3.63, 3.8) is 0 Å². The van der Waals surface area contributed by atoms with E-state index >= 15 is 0 Å². The first-order valence-electron chi connectivity index (χ1n) is 8.77. The van der Waals surface area contributed by atoms with E-state index in [-0.39, 0.29) is 11.8 Å². The SMILES string of the molecule is Cc1ccc(CN(Cc2ccco2)C(=O)CCCNC(=O)c2ccsc2)s1. The molecule has 0 atom stereocenters. The van der Waals surface area contributed by atoms with Crippen LogP contribution in [0.2, 0.25) is 0 Å². The predicted molar refractivity (Wildman–Crippen MR) is 108 cm³/mol. The van der Waals surface area contributed by atoms with Gasteiger partial charge in [0.2, 0.25) is 5.91 Å². The van der Waals surface area contributed by atoms with Crippen LogP contribution in [0.4, 0.5) is 0 Å². The van der Waals surface area contributed by atoms with Crippen molar-refractivity contribution in [1.29, 1.82) is 0 Å². The topological polar surface area (TPSA) is 62.6 Å². The lowest BCUT2D eigenvalue weighted by atomic mass is 10.2. The molecule has 0 saturated heterocycles. The fourth-order valence-corrected chi connectivity index (χ4v) is 4.22. The summed E-state index contributed by atoms with van der Waals surface area (Å²) >= 11 is 3.19. The van der Waals surface area contributed by atoms with Crippen LogP contribution < -0.4 is 5.32 Å². The Kier molecular flexibility index (Phi) is 6.84. The van der Waals surface area contributed by atoms with Gasteiger partial charge >= 0.3 is 0 Å². The summed E-state index contributed by atoms with van der Waals surface area (Å²) in [6.45, 7) is 3.56. The predicted octanol–water partition coefficient (Wildman–Crippen LogP) is 4.45. The molecule has 0 aliphatic rings. The van der Waals surface area contributed by atoms with Crippen molar-refractivity contribution in [2.75, 3.05) is 6.54 Å². The Balaban J connectivity index is 1.51. The van der Waals surface area contributed by atoms with Gasteiger partial charge in [-0.3, -0.25) is 9.59 Å². The van der Waals surface area contributed by atoms with Crippen LogP contribution >= 0.6 is 22.7 Å². The number of aryl methyl sites for hydroxylation is 1. The van der Waals surface area contributed by atoms with E-state index in [1.165, 1.54) is 16.2 Å². The highest BCUT2D eigenvalue weighted by molar-refractivity contribution is 7.11. The number of carbonyl (C=O) groups is 2. The fourth-order valence-electron chi connectivity index (χ4n) is 2.68. The maximum absolute atomic E-state index is 12.7. The Bertz CT molecular complexity index is 854. The minimum absolute atomic E-state index is 0.0576. The van der Waals surface area contributed by atoms with Gasteiger partial charge in [-0.05, 0) is 49.1 Å². The van der Waals surface area contributed by atoms with E-state index in [1.54, 1.807) is 23.7 Å². The molecule has 142 valence electrons. The van der Waals surface area contributed by atoms with E-state index in [2.05, 4.69) is 24.4 Å². The maximum atomic E-state index is 12.7. The van der Waals surface area contributed by atoms with Gasteiger partial charge in [0.25, 0.3) is 5.91 Å². The quantitative estimate of drug-likeness (QED) is 0.538. The molecule has 0 saturated carbocycles. The molecule has 3 heterocycles. The first-order valence-corrected chi connectivity index (χ1v) is 10.5. The lowest BCUT2D eigenvalue weighted by Crippen LogP contribution is -2.31. The summed E-state index contributed by atoms with van der Waals surface area (Å²) in [5.74, 6) is 0.731. The highest BCUT2D eigenvalue weighted by atomic mass is 32.1. The minimum atomic E-state index is -0.0924. The monoisotopic (exact) mass is 402 g/mol. The molecule has 0 fully saturated rings. The van der Waals surface area contributed by atoms with Crippen molar-refractivity contribution in [3.8, 4) is 0 Å². The van der Waals surface area contributed by atoms with Crippen molar-refractivity contribution >= 4 is 34.5 Å². The number of rotatable bonds is 9. The van der Waals surface area contributed by atoms with Crippen LogP contribution in [0, 0.1) is 6.92 Å². The number of hydrogen-bond donors (Lipinski definition) is 1. The van der Waals surface area contributed by atoms with E-state index in [0.29, 0.717) is 38.0 Å².